The second-order valence-corrected chi connectivity index (χ2v) is 6.51. The van der Waals surface area contributed by atoms with Gasteiger partial charge in [-0.1, -0.05) is 38.1 Å². The van der Waals surface area contributed by atoms with Crippen molar-refractivity contribution < 1.29 is 8.42 Å². The van der Waals surface area contributed by atoms with Gasteiger partial charge in [0.25, 0.3) is 0 Å². The molecule has 0 saturated heterocycles. The smallest absolute Gasteiger partial charge is 0.208 e. The third kappa shape index (κ3) is 6.18. The number of hydrogen-bond acceptors (Lipinski definition) is 3. The van der Waals surface area contributed by atoms with Gasteiger partial charge in [0.15, 0.2) is 0 Å². The zero-order valence-electron chi connectivity index (χ0n) is 11.9. The molecule has 0 aliphatic heterocycles. The Labute approximate surface area is 116 Å². The Hall–Kier alpha value is -0.910. The SMILES string of the molecule is CCc1ccc(C(CC)NCCNS(C)(=O)=O)cc1. The van der Waals surface area contributed by atoms with E-state index in [1.807, 2.05) is 0 Å². The summed E-state index contributed by atoms with van der Waals surface area (Å²) in [6.07, 6.45) is 3.20. The van der Waals surface area contributed by atoms with Crippen LogP contribution >= 0.6 is 0 Å². The van der Waals surface area contributed by atoms with Crippen LogP contribution in [-0.2, 0) is 16.4 Å². The molecule has 0 fully saturated rings. The minimum Gasteiger partial charge on any atom is -0.309 e. The monoisotopic (exact) mass is 284 g/mol. The molecule has 1 aromatic carbocycles. The van der Waals surface area contributed by atoms with Crippen molar-refractivity contribution in [3.05, 3.63) is 35.4 Å². The fraction of sp³-hybridized carbons (Fsp3) is 0.571. The molecule has 1 unspecified atom stereocenters. The van der Waals surface area contributed by atoms with Crippen LogP contribution in [0.4, 0.5) is 0 Å². The molecule has 0 aliphatic carbocycles. The number of hydrogen-bond donors (Lipinski definition) is 2. The van der Waals surface area contributed by atoms with Crippen molar-refractivity contribution in [1.82, 2.24) is 10.0 Å². The molecule has 0 spiro atoms. The molecule has 1 aromatic rings. The number of rotatable bonds is 8. The number of sulfonamides is 1. The lowest BCUT2D eigenvalue weighted by atomic mass is 10.0. The molecule has 0 bridgehead atoms. The van der Waals surface area contributed by atoms with Gasteiger partial charge in [-0.15, -0.1) is 0 Å². The summed E-state index contributed by atoms with van der Waals surface area (Å²) in [6.45, 7) is 5.31. The Morgan fingerprint density at radius 1 is 1.11 bits per heavy atom. The highest BCUT2D eigenvalue weighted by molar-refractivity contribution is 7.88. The fourth-order valence-corrected chi connectivity index (χ4v) is 2.44. The summed E-state index contributed by atoms with van der Waals surface area (Å²) in [5.74, 6) is 0. The summed E-state index contributed by atoms with van der Waals surface area (Å²) in [5.41, 5.74) is 2.58. The van der Waals surface area contributed by atoms with Crippen molar-refractivity contribution in [1.29, 1.82) is 0 Å². The van der Waals surface area contributed by atoms with Crippen molar-refractivity contribution in [2.45, 2.75) is 32.7 Å². The second-order valence-electron chi connectivity index (χ2n) is 4.68. The number of nitrogens with one attached hydrogen (secondary N) is 2. The van der Waals surface area contributed by atoms with Gasteiger partial charge in [0.1, 0.15) is 0 Å². The molecule has 5 heteroatoms. The largest absolute Gasteiger partial charge is 0.309 e. The molecule has 0 aromatic heterocycles. The minimum absolute atomic E-state index is 0.271. The van der Waals surface area contributed by atoms with Crippen molar-refractivity contribution in [2.24, 2.45) is 0 Å². The fourth-order valence-electron chi connectivity index (χ4n) is 1.97. The first kappa shape index (κ1) is 16.1. The predicted octanol–water partition coefficient (Wildman–Crippen LogP) is 1.84. The maximum Gasteiger partial charge on any atom is 0.208 e. The second kappa shape index (κ2) is 7.62. The van der Waals surface area contributed by atoms with Crippen molar-refractivity contribution >= 4 is 10.0 Å². The summed E-state index contributed by atoms with van der Waals surface area (Å²) in [7, 11) is -3.09. The van der Waals surface area contributed by atoms with E-state index in [9.17, 15) is 8.42 Å². The topological polar surface area (TPSA) is 58.2 Å². The summed E-state index contributed by atoms with van der Waals surface area (Å²) >= 11 is 0. The van der Waals surface area contributed by atoms with Crippen LogP contribution in [0.1, 0.15) is 37.4 Å². The van der Waals surface area contributed by atoms with E-state index in [0.717, 1.165) is 12.8 Å². The zero-order chi connectivity index (χ0) is 14.3. The Kier molecular flexibility index (Phi) is 6.48. The normalized spacial score (nSPS) is 13.4. The van der Waals surface area contributed by atoms with Gasteiger partial charge in [-0.2, -0.15) is 0 Å². The average molecular weight is 284 g/mol. The molecule has 4 nitrogen and oxygen atoms in total. The van der Waals surface area contributed by atoms with Crippen LogP contribution in [-0.4, -0.2) is 27.8 Å². The van der Waals surface area contributed by atoms with Gasteiger partial charge in [-0.3, -0.25) is 0 Å². The van der Waals surface area contributed by atoms with Gasteiger partial charge in [0.2, 0.25) is 10.0 Å². The summed E-state index contributed by atoms with van der Waals surface area (Å²) in [6, 6.07) is 8.85. The van der Waals surface area contributed by atoms with Crippen molar-refractivity contribution in [3.63, 3.8) is 0 Å². The molecule has 0 heterocycles. The molecular weight excluding hydrogens is 260 g/mol. The quantitative estimate of drug-likeness (QED) is 0.716. The first-order valence-electron chi connectivity index (χ1n) is 6.73. The van der Waals surface area contributed by atoms with Crippen molar-refractivity contribution in [2.75, 3.05) is 19.3 Å². The molecule has 2 N–H and O–H groups in total. The highest BCUT2D eigenvalue weighted by Crippen LogP contribution is 2.17. The molecule has 1 atom stereocenters. The lowest BCUT2D eigenvalue weighted by Crippen LogP contribution is -2.32. The zero-order valence-corrected chi connectivity index (χ0v) is 12.8. The highest BCUT2D eigenvalue weighted by atomic mass is 32.2. The minimum atomic E-state index is -3.09. The van der Waals surface area contributed by atoms with Gasteiger partial charge in [0.05, 0.1) is 6.26 Å². The van der Waals surface area contributed by atoms with E-state index >= 15 is 0 Å². The van der Waals surface area contributed by atoms with Crippen LogP contribution < -0.4 is 10.0 Å². The van der Waals surface area contributed by atoms with E-state index in [1.165, 1.54) is 17.4 Å². The predicted molar refractivity (Wildman–Crippen MR) is 79.7 cm³/mol. The molecular formula is C14H24N2O2S. The first-order chi connectivity index (χ1) is 8.96. The Balaban J connectivity index is 2.48. The third-order valence-electron chi connectivity index (χ3n) is 3.08. The van der Waals surface area contributed by atoms with Crippen LogP contribution in [0.5, 0.6) is 0 Å². The van der Waals surface area contributed by atoms with E-state index in [2.05, 4.69) is 48.2 Å². The average Bonchev–Trinajstić information content (AvgIpc) is 2.38. The van der Waals surface area contributed by atoms with Crippen LogP contribution in [0.15, 0.2) is 24.3 Å². The molecule has 19 heavy (non-hydrogen) atoms. The van der Waals surface area contributed by atoms with Gasteiger partial charge < -0.3 is 5.32 Å². The van der Waals surface area contributed by atoms with Gasteiger partial charge >= 0.3 is 0 Å². The lowest BCUT2D eigenvalue weighted by molar-refractivity contribution is 0.516. The third-order valence-corrected chi connectivity index (χ3v) is 3.81. The van der Waals surface area contributed by atoms with Crippen molar-refractivity contribution in [3.8, 4) is 0 Å². The van der Waals surface area contributed by atoms with Gasteiger partial charge in [-0.25, -0.2) is 13.1 Å². The molecule has 0 aliphatic rings. The summed E-state index contributed by atoms with van der Waals surface area (Å²) < 4.78 is 24.4. The van der Waals surface area contributed by atoms with E-state index in [4.69, 9.17) is 0 Å². The highest BCUT2D eigenvalue weighted by Gasteiger charge is 2.08. The van der Waals surface area contributed by atoms with E-state index in [0.29, 0.717) is 13.1 Å². The molecule has 0 saturated carbocycles. The molecule has 1 rings (SSSR count). The Morgan fingerprint density at radius 3 is 2.21 bits per heavy atom. The molecule has 0 radical (unpaired) electrons. The maximum atomic E-state index is 10.9. The van der Waals surface area contributed by atoms with Gasteiger partial charge in [0, 0.05) is 19.1 Å². The van der Waals surface area contributed by atoms with E-state index < -0.39 is 10.0 Å². The Bertz CT molecular complexity index is 469. The van der Waals surface area contributed by atoms with Gasteiger partial charge in [-0.05, 0) is 24.0 Å². The summed E-state index contributed by atoms with van der Waals surface area (Å²) in [4.78, 5) is 0. The molecule has 0 amide bonds. The lowest BCUT2D eigenvalue weighted by Gasteiger charge is -2.18. The van der Waals surface area contributed by atoms with Crippen LogP contribution in [0.3, 0.4) is 0 Å². The standard InChI is InChI=1S/C14H24N2O2S/c1-4-12-6-8-13(9-7-12)14(5-2)15-10-11-16-19(3,17)18/h6-9,14-16H,4-5,10-11H2,1-3H3. The van der Waals surface area contributed by atoms with Crippen LogP contribution in [0.2, 0.25) is 0 Å². The van der Waals surface area contributed by atoms with Crippen LogP contribution in [0, 0.1) is 0 Å². The van der Waals surface area contributed by atoms with E-state index in [1.54, 1.807) is 0 Å². The summed E-state index contributed by atoms with van der Waals surface area (Å²) in [5, 5.41) is 3.37. The number of aryl methyl sites for hydroxylation is 1. The van der Waals surface area contributed by atoms with E-state index in [-0.39, 0.29) is 6.04 Å². The van der Waals surface area contributed by atoms with Crippen LogP contribution in [0.25, 0.3) is 0 Å². The first-order valence-corrected chi connectivity index (χ1v) is 8.62. The number of benzene rings is 1. The maximum absolute atomic E-state index is 10.9. The molecule has 108 valence electrons. The Morgan fingerprint density at radius 2 is 1.74 bits per heavy atom.